The lowest BCUT2D eigenvalue weighted by Crippen LogP contribution is -2.47. The number of amides is 3. The molecule has 0 spiro atoms. The summed E-state index contributed by atoms with van der Waals surface area (Å²) >= 11 is 0. The molecule has 3 amide bonds. The highest BCUT2D eigenvalue weighted by Crippen LogP contribution is 2.16. The Labute approximate surface area is 182 Å². The number of carbonyl (C=O) groups is 3. The molecule has 0 aromatic heterocycles. The first-order valence-corrected chi connectivity index (χ1v) is 10.3. The summed E-state index contributed by atoms with van der Waals surface area (Å²) in [4.78, 5) is 36.0. The number of benzene rings is 2. The van der Waals surface area contributed by atoms with E-state index >= 15 is 0 Å². The van der Waals surface area contributed by atoms with Gasteiger partial charge in [-0.05, 0) is 62.2 Å². The number of nitrogens with one attached hydrogen (secondary N) is 3. The normalized spacial score (nSPS) is 11.2. The molecule has 0 aliphatic rings. The van der Waals surface area contributed by atoms with Gasteiger partial charge in [0.2, 0.25) is 11.8 Å². The van der Waals surface area contributed by atoms with Gasteiger partial charge in [0.15, 0.2) is 6.10 Å². The summed E-state index contributed by atoms with van der Waals surface area (Å²) in [6.07, 6.45) is 0.0260. The van der Waals surface area contributed by atoms with Gasteiger partial charge in [0, 0.05) is 18.5 Å². The molecule has 1 atom stereocenters. The molecule has 2 aromatic rings. The van der Waals surface area contributed by atoms with Gasteiger partial charge in [-0.3, -0.25) is 25.2 Å². The summed E-state index contributed by atoms with van der Waals surface area (Å²) < 4.78 is 10.9. The fraction of sp³-hybridized carbons (Fsp3) is 0.348. The van der Waals surface area contributed by atoms with Crippen molar-refractivity contribution in [3.05, 3.63) is 54.1 Å². The van der Waals surface area contributed by atoms with Gasteiger partial charge in [-0.2, -0.15) is 0 Å². The second-order valence-corrected chi connectivity index (χ2v) is 6.80. The SMILES string of the molecule is CCOc1ccc(NC(=O)CCC(=O)NNC(=O)C(C)Oc2ccc(CC)cc2)cc1. The van der Waals surface area contributed by atoms with E-state index in [-0.39, 0.29) is 18.7 Å². The van der Waals surface area contributed by atoms with Crippen LogP contribution in [0.15, 0.2) is 48.5 Å². The van der Waals surface area contributed by atoms with Gasteiger partial charge >= 0.3 is 0 Å². The van der Waals surface area contributed by atoms with Crippen LogP contribution in [0.3, 0.4) is 0 Å². The van der Waals surface area contributed by atoms with Gasteiger partial charge in [0.1, 0.15) is 11.5 Å². The van der Waals surface area contributed by atoms with Gasteiger partial charge in [0.25, 0.3) is 5.91 Å². The third-order valence-corrected chi connectivity index (χ3v) is 4.37. The zero-order valence-electron chi connectivity index (χ0n) is 18.1. The molecule has 2 aromatic carbocycles. The minimum Gasteiger partial charge on any atom is -0.494 e. The standard InChI is InChI=1S/C23H29N3O5/c1-4-17-6-10-20(11-7-17)31-16(3)23(29)26-25-22(28)15-14-21(27)24-18-8-12-19(13-9-18)30-5-2/h6-13,16H,4-5,14-15H2,1-3H3,(H,24,27)(H,25,28)(H,26,29). The van der Waals surface area contributed by atoms with Crippen LogP contribution in [0.1, 0.15) is 39.2 Å². The van der Waals surface area contributed by atoms with Crippen LogP contribution < -0.4 is 25.6 Å². The Morgan fingerprint density at radius 1 is 0.839 bits per heavy atom. The van der Waals surface area contributed by atoms with Crippen molar-refractivity contribution in [2.24, 2.45) is 0 Å². The highest BCUT2D eigenvalue weighted by Gasteiger charge is 2.16. The summed E-state index contributed by atoms with van der Waals surface area (Å²) in [7, 11) is 0. The fourth-order valence-electron chi connectivity index (χ4n) is 2.61. The minimum atomic E-state index is -0.796. The van der Waals surface area contributed by atoms with Crippen molar-refractivity contribution < 1.29 is 23.9 Å². The number of aryl methyl sites for hydroxylation is 1. The number of hydrazine groups is 1. The van der Waals surface area contributed by atoms with Crippen molar-refractivity contribution in [1.29, 1.82) is 0 Å². The smallest absolute Gasteiger partial charge is 0.279 e. The Morgan fingerprint density at radius 3 is 2.06 bits per heavy atom. The van der Waals surface area contributed by atoms with Crippen molar-refractivity contribution in [1.82, 2.24) is 10.9 Å². The highest BCUT2D eigenvalue weighted by atomic mass is 16.5. The Bertz CT molecular complexity index is 866. The Hall–Kier alpha value is -3.55. The van der Waals surface area contributed by atoms with E-state index in [1.165, 1.54) is 5.56 Å². The topological polar surface area (TPSA) is 106 Å². The maximum Gasteiger partial charge on any atom is 0.279 e. The summed E-state index contributed by atoms with van der Waals surface area (Å²) in [5.41, 5.74) is 6.38. The molecule has 3 N–H and O–H groups in total. The molecule has 0 bridgehead atoms. The van der Waals surface area contributed by atoms with E-state index in [0.29, 0.717) is 23.8 Å². The van der Waals surface area contributed by atoms with Gasteiger partial charge in [-0.15, -0.1) is 0 Å². The van der Waals surface area contributed by atoms with E-state index in [4.69, 9.17) is 9.47 Å². The van der Waals surface area contributed by atoms with E-state index < -0.39 is 17.9 Å². The Kier molecular flexibility index (Phi) is 9.35. The van der Waals surface area contributed by atoms with Gasteiger partial charge in [0.05, 0.1) is 6.61 Å². The van der Waals surface area contributed by atoms with Crippen LogP contribution in [0.4, 0.5) is 5.69 Å². The van der Waals surface area contributed by atoms with Crippen molar-refractivity contribution in [3.8, 4) is 11.5 Å². The lowest BCUT2D eigenvalue weighted by atomic mass is 10.2. The van der Waals surface area contributed by atoms with E-state index in [2.05, 4.69) is 23.1 Å². The van der Waals surface area contributed by atoms with Crippen molar-refractivity contribution in [3.63, 3.8) is 0 Å². The molecule has 8 heteroatoms. The second-order valence-electron chi connectivity index (χ2n) is 6.80. The molecule has 1 unspecified atom stereocenters. The maximum absolute atomic E-state index is 12.1. The van der Waals surface area contributed by atoms with E-state index in [9.17, 15) is 14.4 Å². The van der Waals surface area contributed by atoms with Gasteiger partial charge in [-0.1, -0.05) is 19.1 Å². The van der Waals surface area contributed by atoms with Crippen LogP contribution in [0.25, 0.3) is 0 Å². The molecular formula is C23H29N3O5. The van der Waals surface area contributed by atoms with Gasteiger partial charge < -0.3 is 14.8 Å². The highest BCUT2D eigenvalue weighted by molar-refractivity contribution is 5.93. The lowest BCUT2D eigenvalue weighted by molar-refractivity contribution is -0.133. The molecule has 8 nitrogen and oxygen atoms in total. The van der Waals surface area contributed by atoms with Gasteiger partial charge in [-0.25, -0.2) is 0 Å². The number of rotatable bonds is 10. The predicted octanol–water partition coefficient (Wildman–Crippen LogP) is 2.98. The zero-order chi connectivity index (χ0) is 22.6. The number of carbonyl (C=O) groups excluding carboxylic acids is 3. The summed E-state index contributed by atoms with van der Waals surface area (Å²) in [6, 6.07) is 14.4. The first-order valence-electron chi connectivity index (χ1n) is 10.3. The first-order chi connectivity index (χ1) is 14.9. The number of ether oxygens (including phenoxy) is 2. The van der Waals surface area contributed by atoms with Crippen LogP contribution in [0.2, 0.25) is 0 Å². The Morgan fingerprint density at radius 2 is 1.45 bits per heavy atom. The van der Waals surface area contributed by atoms with Crippen LogP contribution in [0, 0.1) is 0 Å². The predicted molar refractivity (Wildman–Crippen MR) is 118 cm³/mol. The van der Waals surface area contributed by atoms with E-state index in [0.717, 1.165) is 6.42 Å². The fourth-order valence-corrected chi connectivity index (χ4v) is 2.61. The third kappa shape index (κ3) is 8.38. The third-order valence-electron chi connectivity index (χ3n) is 4.37. The molecule has 0 saturated heterocycles. The van der Waals surface area contributed by atoms with E-state index in [1.807, 2.05) is 19.1 Å². The van der Waals surface area contributed by atoms with Crippen molar-refractivity contribution >= 4 is 23.4 Å². The summed E-state index contributed by atoms with van der Waals surface area (Å²) in [6.45, 7) is 6.09. The average molecular weight is 428 g/mol. The minimum absolute atomic E-state index is 0.0231. The molecule has 166 valence electrons. The Balaban J connectivity index is 1.67. The van der Waals surface area contributed by atoms with Crippen LogP contribution in [-0.2, 0) is 20.8 Å². The number of hydrogen-bond donors (Lipinski definition) is 3. The molecule has 31 heavy (non-hydrogen) atoms. The molecule has 2 rings (SSSR count). The van der Waals surface area contributed by atoms with Crippen molar-refractivity contribution in [2.45, 2.75) is 46.1 Å². The lowest BCUT2D eigenvalue weighted by Gasteiger charge is -2.15. The largest absolute Gasteiger partial charge is 0.494 e. The first kappa shape index (κ1) is 23.7. The average Bonchev–Trinajstić information content (AvgIpc) is 2.78. The molecule has 0 aliphatic heterocycles. The van der Waals surface area contributed by atoms with Crippen molar-refractivity contribution in [2.75, 3.05) is 11.9 Å². The molecule has 0 radical (unpaired) electrons. The monoisotopic (exact) mass is 427 g/mol. The second kappa shape index (κ2) is 12.2. The summed E-state index contributed by atoms with van der Waals surface area (Å²) in [5.74, 6) is 0.00301. The molecular weight excluding hydrogens is 398 g/mol. The van der Waals surface area contributed by atoms with Crippen LogP contribution >= 0.6 is 0 Å². The van der Waals surface area contributed by atoms with E-state index in [1.54, 1.807) is 43.3 Å². The molecule has 0 heterocycles. The molecule has 0 saturated carbocycles. The maximum atomic E-state index is 12.1. The van der Waals surface area contributed by atoms with Crippen LogP contribution in [-0.4, -0.2) is 30.4 Å². The van der Waals surface area contributed by atoms with Crippen LogP contribution in [0.5, 0.6) is 11.5 Å². The molecule has 0 fully saturated rings. The quantitative estimate of drug-likeness (QED) is 0.506. The molecule has 0 aliphatic carbocycles. The summed E-state index contributed by atoms with van der Waals surface area (Å²) in [5, 5.41) is 2.70. The number of anilines is 1. The number of hydrogen-bond acceptors (Lipinski definition) is 5. The zero-order valence-corrected chi connectivity index (χ0v) is 18.1.